The van der Waals surface area contributed by atoms with Gasteiger partial charge in [-0.25, -0.2) is 4.39 Å². The van der Waals surface area contributed by atoms with Crippen molar-refractivity contribution < 1.29 is 9.18 Å². The van der Waals surface area contributed by atoms with Crippen LogP contribution in [0.2, 0.25) is 0 Å². The van der Waals surface area contributed by atoms with E-state index in [1.807, 2.05) is 22.6 Å². The van der Waals surface area contributed by atoms with Gasteiger partial charge in [-0.05, 0) is 59.7 Å². The molecule has 1 aliphatic rings. The zero-order valence-corrected chi connectivity index (χ0v) is 12.7. The molecule has 1 fully saturated rings. The van der Waals surface area contributed by atoms with Crippen LogP contribution in [-0.2, 0) is 0 Å². The minimum Gasteiger partial charge on any atom is -0.338 e. The maximum atomic E-state index is 13.0. The van der Waals surface area contributed by atoms with E-state index in [0.717, 1.165) is 13.0 Å². The van der Waals surface area contributed by atoms with Crippen LogP contribution >= 0.6 is 35.0 Å². The predicted octanol–water partition coefficient (Wildman–Crippen LogP) is 2.27. The molecule has 0 saturated carbocycles. The van der Waals surface area contributed by atoms with E-state index in [1.165, 1.54) is 12.1 Å². The first-order chi connectivity index (χ1) is 8.11. The molecule has 1 saturated heterocycles. The van der Waals surface area contributed by atoms with Crippen molar-refractivity contribution in [1.29, 1.82) is 0 Å². The maximum Gasteiger partial charge on any atom is 0.254 e. The van der Waals surface area contributed by atoms with E-state index in [9.17, 15) is 9.18 Å². The Bertz CT molecular complexity index is 444. The number of nitrogens with zero attached hydrogens (tertiary/aromatic N) is 1. The van der Waals surface area contributed by atoms with Crippen molar-refractivity contribution in [2.75, 3.05) is 19.6 Å². The lowest BCUT2D eigenvalue weighted by atomic mass is 10.1. The van der Waals surface area contributed by atoms with Crippen LogP contribution in [0.25, 0.3) is 0 Å². The van der Waals surface area contributed by atoms with Gasteiger partial charge in [-0.1, -0.05) is 0 Å². The largest absolute Gasteiger partial charge is 0.338 e. The number of benzene rings is 1. The molecule has 1 aromatic rings. The SMILES string of the molecule is Cl.NCC1CCN(C(=O)c2ccc(F)cc2I)C1. The molecule has 1 atom stereocenters. The molecule has 18 heavy (non-hydrogen) atoms. The van der Waals surface area contributed by atoms with Crippen LogP contribution < -0.4 is 5.73 Å². The molecule has 1 unspecified atom stereocenters. The summed E-state index contributed by atoms with van der Waals surface area (Å²) in [5.74, 6) is 0.0645. The van der Waals surface area contributed by atoms with Crippen LogP contribution in [-0.4, -0.2) is 30.4 Å². The van der Waals surface area contributed by atoms with Gasteiger partial charge in [0.2, 0.25) is 0 Å². The van der Waals surface area contributed by atoms with Crippen LogP contribution in [0, 0.1) is 15.3 Å². The summed E-state index contributed by atoms with van der Waals surface area (Å²) in [5, 5.41) is 0. The zero-order chi connectivity index (χ0) is 12.4. The third-order valence-corrected chi connectivity index (χ3v) is 3.96. The fourth-order valence-electron chi connectivity index (χ4n) is 2.04. The minimum absolute atomic E-state index is 0. The van der Waals surface area contributed by atoms with Gasteiger partial charge < -0.3 is 10.6 Å². The van der Waals surface area contributed by atoms with Crippen molar-refractivity contribution in [3.8, 4) is 0 Å². The third kappa shape index (κ3) is 3.33. The van der Waals surface area contributed by atoms with Gasteiger partial charge in [-0.15, -0.1) is 12.4 Å². The maximum absolute atomic E-state index is 13.0. The van der Waals surface area contributed by atoms with Gasteiger partial charge in [-0.2, -0.15) is 0 Å². The zero-order valence-electron chi connectivity index (χ0n) is 9.73. The highest BCUT2D eigenvalue weighted by Gasteiger charge is 2.26. The van der Waals surface area contributed by atoms with Crippen LogP contribution in [0.5, 0.6) is 0 Å². The first-order valence-electron chi connectivity index (χ1n) is 5.56. The summed E-state index contributed by atoms with van der Waals surface area (Å²) in [6.07, 6.45) is 0.958. The average Bonchev–Trinajstić information content (AvgIpc) is 2.76. The summed E-state index contributed by atoms with van der Waals surface area (Å²) in [6, 6.07) is 4.26. The lowest BCUT2D eigenvalue weighted by Crippen LogP contribution is -2.30. The normalized spacial score (nSPS) is 18.6. The van der Waals surface area contributed by atoms with Crippen molar-refractivity contribution in [1.82, 2.24) is 4.90 Å². The molecular formula is C12H15ClFIN2O. The third-order valence-electron chi connectivity index (χ3n) is 3.07. The van der Waals surface area contributed by atoms with Crippen LogP contribution in [0.4, 0.5) is 4.39 Å². The number of nitrogens with two attached hydrogens (primary N) is 1. The van der Waals surface area contributed by atoms with E-state index in [1.54, 1.807) is 11.0 Å². The highest BCUT2D eigenvalue weighted by Crippen LogP contribution is 2.21. The van der Waals surface area contributed by atoms with Crippen LogP contribution in [0.3, 0.4) is 0 Å². The molecule has 100 valence electrons. The number of rotatable bonds is 2. The second-order valence-electron chi connectivity index (χ2n) is 4.27. The van der Waals surface area contributed by atoms with Gasteiger partial charge in [0.25, 0.3) is 5.91 Å². The van der Waals surface area contributed by atoms with Gasteiger partial charge >= 0.3 is 0 Å². The van der Waals surface area contributed by atoms with Gasteiger partial charge in [-0.3, -0.25) is 4.79 Å². The standard InChI is InChI=1S/C12H14FIN2O.ClH/c13-9-1-2-10(11(14)5-9)12(17)16-4-3-8(6-15)7-16;/h1-2,5,8H,3-4,6-7,15H2;1H. The van der Waals surface area contributed by atoms with Gasteiger partial charge in [0.15, 0.2) is 0 Å². The second kappa shape index (κ2) is 6.68. The summed E-state index contributed by atoms with van der Waals surface area (Å²) >= 11 is 1.99. The number of halogens is 3. The number of carbonyl (C=O) groups is 1. The summed E-state index contributed by atoms with van der Waals surface area (Å²) in [5.41, 5.74) is 6.17. The molecule has 3 nitrogen and oxygen atoms in total. The molecule has 1 aliphatic heterocycles. The van der Waals surface area contributed by atoms with Crippen molar-refractivity contribution in [2.45, 2.75) is 6.42 Å². The summed E-state index contributed by atoms with van der Waals surface area (Å²) < 4.78 is 13.6. The van der Waals surface area contributed by atoms with Crippen molar-refractivity contribution in [2.24, 2.45) is 11.7 Å². The Kier molecular flexibility index (Phi) is 5.81. The van der Waals surface area contributed by atoms with Crippen LogP contribution in [0.1, 0.15) is 16.8 Å². The van der Waals surface area contributed by atoms with Crippen molar-refractivity contribution in [3.63, 3.8) is 0 Å². The highest BCUT2D eigenvalue weighted by molar-refractivity contribution is 14.1. The first-order valence-corrected chi connectivity index (χ1v) is 6.64. The molecule has 2 N–H and O–H groups in total. The molecule has 1 amide bonds. The molecule has 1 heterocycles. The molecule has 6 heteroatoms. The minimum atomic E-state index is -0.313. The van der Waals surface area contributed by atoms with Gasteiger partial charge in [0, 0.05) is 16.7 Å². The Hall–Kier alpha value is -0.400. The second-order valence-corrected chi connectivity index (χ2v) is 5.43. The van der Waals surface area contributed by atoms with E-state index in [0.29, 0.717) is 28.1 Å². The lowest BCUT2D eigenvalue weighted by molar-refractivity contribution is 0.0786. The Labute approximate surface area is 125 Å². The fourth-order valence-corrected chi connectivity index (χ4v) is 2.75. The molecular weight excluding hydrogens is 369 g/mol. The van der Waals surface area contributed by atoms with Gasteiger partial charge in [0.1, 0.15) is 5.82 Å². The number of carbonyl (C=O) groups excluding carboxylic acids is 1. The summed E-state index contributed by atoms with van der Waals surface area (Å²) in [6.45, 7) is 2.07. The van der Waals surface area contributed by atoms with E-state index < -0.39 is 0 Å². The lowest BCUT2D eigenvalue weighted by Gasteiger charge is -2.17. The number of amides is 1. The van der Waals surface area contributed by atoms with Gasteiger partial charge in [0.05, 0.1) is 5.56 Å². The van der Waals surface area contributed by atoms with E-state index in [4.69, 9.17) is 5.73 Å². The molecule has 0 bridgehead atoms. The molecule has 2 rings (SSSR count). The smallest absolute Gasteiger partial charge is 0.254 e. The number of hydrogen-bond donors (Lipinski definition) is 1. The topological polar surface area (TPSA) is 46.3 Å². The highest BCUT2D eigenvalue weighted by atomic mass is 127. The monoisotopic (exact) mass is 384 g/mol. The quantitative estimate of drug-likeness (QED) is 0.795. The Morgan fingerprint density at radius 2 is 2.28 bits per heavy atom. The molecule has 0 aromatic heterocycles. The van der Waals surface area contributed by atoms with E-state index in [2.05, 4.69) is 0 Å². The number of likely N-dealkylation sites (tertiary alicyclic amines) is 1. The van der Waals surface area contributed by atoms with Crippen LogP contribution in [0.15, 0.2) is 18.2 Å². The predicted molar refractivity (Wildman–Crippen MR) is 79.4 cm³/mol. The molecule has 0 radical (unpaired) electrons. The molecule has 0 aliphatic carbocycles. The van der Waals surface area contributed by atoms with E-state index in [-0.39, 0.29) is 24.1 Å². The fraction of sp³-hybridized carbons (Fsp3) is 0.417. The van der Waals surface area contributed by atoms with Crippen molar-refractivity contribution >= 4 is 40.9 Å². The first kappa shape index (κ1) is 15.7. The molecule has 0 spiro atoms. The van der Waals surface area contributed by atoms with E-state index >= 15 is 0 Å². The Morgan fingerprint density at radius 3 is 2.83 bits per heavy atom. The Balaban J connectivity index is 0.00000162. The summed E-state index contributed by atoms with van der Waals surface area (Å²) in [7, 11) is 0. The molecule has 1 aromatic carbocycles. The van der Waals surface area contributed by atoms with Crippen molar-refractivity contribution in [3.05, 3.63) is 33.1 Å². The number of hydrogen-bond acceptors (Lipinski definition) is 2. The Morgan fingerprint density at radius 1 is 1.56 bits per heavy atom. The average molecular weight is 385 g/mol. The summed E-state index contributed by atoms with van der Waals surface area (Å²) in [4.78, 5) is 14.0.